The van der Waals surface area contributed by atoms with Crippen LogP contribution < -0.4 is 0 Å². The molecule has 7 heteroatoms. The number of nitrogens with zero attached hydrogens (tertiary/aromatic N) is 2. The molecule has 0 fully saturated rings. The Morgan fingerprint density at radius 2 is 1.52 bits per heavy atom. The van der Waals surface area contributed by atoms with Crippen molar-refractivity contribution < 1.29 is 68.1 Å². The Bertz CT molecular complexity index is 1290. The smallest absolute Gasteiger partial charge is 0.224 e. The summed E-state index contributed by atoms with van der Waals surface area (Å²) in [4.78, 5) is 20.3. The second-order valence-corrected chi connectivity index (χ2v) is 6.50. The van der Waals surface area contributed by atoms with Crippen LogP contribution in [0.3, 0.4) is 0 Å². The van der Waals surface area contributed by atoms with Crippen LogP contribution >= 0.6 is 0 Å². The molecule has 155 valence electrons. The van der Waals surface area contributed by atoms with Crippen LogP contribution in [0.15, 0.2) is 94.2 Å². The van der Waals surface area contributed by atoms with Gasteiger partial charge < -0.3 is 13.9 Å². The summed E-state index contributed by atoms with van der Waals surface area (Å²) in [5.41, 5.74) is 1.95. The minimum Gasteiger partial charge on any atom is -0.504 e. The minimum absolute atomic E-state index is 0. The first kappa shape index (κ1) is 23.1. The number of allylic oxidation sites excluding steroid dienone is 1. The number of aryl methyl sites for hydroxylation is 1. The molecule has 0 amide bonds. The number of hydrogen-bond acceptors (Lipinski definition) is 6. The molecule has 5 rings (SSSR count). The molecule has 0 aliphatic carbocycles. The molecular formula is C24H18EuN2O4. The number of aliphatic hydroxyl groups is 1. The first-order chi connectivity index (χ1) is 14.6. The maximum atomic E-state index is 11.6. The molecule has 6 nitrogen and oxygen atoms in total. The van der Waals surface area contributed by atoms with Crippen molar-refractivity contribution in [3.8, 4) is 0 Å². The Hall–Kier alpha value is -2.61. The van der Waals surface area contributed by atoms with Gasteiger partial charge in [-0.3, -0.25) is 14.8 Å². The second kappa shape index (κ2) is 10.6. The number of aliphatic hydroxyl groups excluding tert-OH is 1. The van der Waals surface area contributed by atoms with Crippen molar-refractivity contribution >= 4 is 33.3 Å². The van der Waals surface area contributed by atoms with Gasteiger partial charge in [0.2, 0.25) is 5.78 Å². The van der Waals surface area contributed by atoms with Crippen molar-refractivity contribution in [3.63, 3.8) is 0 Å². The standard InChI is InChI=1S/C12H8N2.C12H10O4.Eu/c1-3-9-5-6-10-4-2-8-14-12(10)11(9)13-7-1;1-8-4-5-12(16-8)10(14)7-9(13)11-3-2-6-15-11;/h1-8H;2-7,13H,1H3;/b;9-7-;. The van der Waals surface area contributed by atoms with E-state index >= 15 is 0 Å². The fraction of sp³-hybridized carbons (Fsp3) is 0.0417. The Kier molecular flexibility index (Phi) is 7.90. The predicted octanol–water partition coefficient (Wildman–Crippen LogP) is 5.75. The summed E-state index contributed by atoms with van der Waals surface area (Å²) in [5, 5.41) is 11.8. The molecule has 4 heterocycles. The monoisotopic (exact) mass is 551 g/mol. The van der Waals surface area contributed by atoms with E-state index in [2.05, 4.69) is 34.2 Å². The van der Waals surface area contributed by atoms with Gasteiger partial charge in [0.1, 0.15) is 5.76 Å². The number of rotatable bonds is 3. The van der Waals surface area contributed by atoms with Crippen molar-refractivity contribution in [1.29, 1.82) is 0 Å². The number of hydrogen-bond donors (Lipinski definition) is 1. The quantitative estimate of drug-likeness (QED) is 0.133. The fourth-order valence-electron chi connectivity index (χ4n) is 2.94. The second-order valence-electron chi connectivity index (χ2n) is 6.50. The summed E-state index contributed by atoms with van der Waals surface area (Å²) in [5.74, 6) is 0.465. The number of fused-ring (bicyclic) bond motifs is 3. The van der Waals surface area contributed by atoms with Gasteiger partial charge in [0.25, 0.3) is 0 Å². The van der Waals surface area contributed by atoms with Crippen LogP contribution in [-0.2, 0) is 0 Å². The molecule has 1 N–H and O–H groups in total. The molecule has 31 heavy (non-hydrogen) atoms. The fourth-order valence-corrected chi connectivity index (χ4v) is 2.94. The summed E-state index contributed by atoms with van der Waals surface area (Å²) in [6, 6.07) is 18.6. The van der Waals surface area contributed by atoms with E-state index in [0.29, 0.717) is 5.76 Å². The first-order valence-electron chi connectivity index (χ1n) is 9.25. The van der Waals surface area contributed by atoms with Gasteiger partial charge in [-0.25, -0.2) is 0 Å². The Balaban J connectivity index is 0.000000171. The van der Waals surface area contributed by atoms with Gasteiger partial charge in [-0.2, -0.15) is 0 Å². The number of pyridine rings is 2. The summed E-state index contributed by atoms with van der Waals surface area (Å²) in [7, 11) is 0. The van der Waals surface area contributed by atoms with Crippen LogP contribution in [0, 0.1) is 56.3 Å². The molecule has 0 saturated carbocycles. The van der Waals surface area contributed by atoms with Crippen molar-refractivity contribution in [3.05, 3.63) is 103 Å². The van der Waals surface area contributed by atoms with Gasteiger partial charge in [-0.05, 0) is 43.3 Å². The molecule has 0 aliphatic rings. The first-order valence-corrected chi connectivity index (χ1v) is 9.25. The molecule has 0 spiro atoms. The number of carbonyl (C=O) groups is 1. The van der Waals surface area contributed by atoms with Crippen LogP contribution in [0.4, 0.5) is 0 Å². The number of furan rings is 2. The third-order valence-electron chi connectivity index (χ3n) is 4.37. The Labute approximate surface area is 219 Å². The average Bonchev–Trinajstić information content (AvgIpc) is 3.46. The van der Waals surface area contributed by atoms with Gasteiger partial charge in [0.05, 0.1) is 17.3 Å². The number of benzene rings is 1. The summed E-state index contributed by atoms with van der Waals surface area (Å²) >= 11 is 0. The number of carbonyl (C=O) groups excluding carboxylic acids is 1. The van der Waals surface area contributed by atoms with Crippen LogP contribution in [0.5, 0.6) is 0 Å². The zero-order chi connectivity index (χ0) is 20.9. The summed E-state index contributed by atoms with van der Waals surface area (Å²) in [6.45, 7) is 1.74. The maximum absolute atomic E-state index is 11.6. The number of aromatic nitrogens is 2. The molecule has 1 aromatic carbocycles. The van der Waals surface area contributed by atoms with E-state index in [1.807, 2.05) is 12.1 Å². The van der Waals surface area contributed by atoms with Crippen LogP contribution in [0.2, 0.25) is 0 Å². The molecule has 0 unspecified atom stereocenters. The van der Waals surface area contributed by atoms with Gasteiger partial charge in [-0.1, -0.05) is 24.3 Å². The van der Waals surface area contributed by atoms with Gasteiger partial charge >= 0.3 is 0 Å². The molecular weight excluding hydrogens is 532 g/mol. The van der Waals surface area contributed by atoms with E-state index in [-0.39, 0.29) is 66.7 Å². The topological polar surface area (TPSA) is 89.4 Å². The number of ketones is 1. The third-order valence-corrected chi connectivity index (χ3v) is 4.37. The predicted molar refractivity (Wildman–Crippen MR) is 114 cm³/mol. The summed E-state index contributed by atoms with van der Waals surface area (Å²) < 4.78 is 10.1. The molecule has 0 bridgehead atoms. The molecule has 0 saturated heterocycles. The molecule has 0 aliphatic heterocycles. The van der Waals surface area contributed by atoms with Gasteiger partial charge in [0, 0.05) is 78.6 Å². The van der Waals surface area contributed by atoms with Crippen molar-refractivity contribution in [1.82, 2.24) is 9.97 Å². The SMILES string of the molecule is Cc1ccc(C(=O)/C=C(\O)c2ccco2)o1.[Eu].c1cnc2c(c1)ccc1cccnc12. The van der Waals surface area contributed by atoms with Crippen molar-refractivity contribution in [2.24, 2.45) is 0 Å². The van der Waals surface area contributed by atoms with E-state index in [4.69, 9.17) is 8.83 Å². The third kappa shape index (κ3) is 5.55. The van der Waals surface area contributed by atoms with E-state index in [0.717, 1.165) is 27.9 Å². The largest absolute Gasteiger partial charge is 0.504 e. The maximum Gasteiger partial charge on any atom is 0.224 e. The van der Waals surface area contributed by atoms with E-state index < -0.39 is 5.78 Å². The van der Waals surface area contributed by atoms with E-state index in [1.54, 1.807) is 43.6 Å². The van der Waals surface area contributed by atoms with Crippen LogP contribution in [-0.4, -0.2) is 20.9 Å². The van der Waals surface area contributed by atoms with Crippen LogP contribution in [0.25, 0.3) is 27.6 Å². The molecule has 1 radical (unpaired) electrons. The Morgan fingerprint density at radius 3 is 2.03 bits per heavy atom. The zero-order valence-corrected chi connectivity index (χ0v) is 19.0. The molecule has 5 aromatic rings. The normalized spacial score (nSPS) is 10.9. The van der Waals surface area contributed by atoms with Gasteiger partial charge in [0.15, 0.2) is 17.3 Å². The van der Waals surface area contributed by atoms with E-state index in [1.165, 1.54) is 6.26 Å². The van der Waals surface area contributed by atoms with Gasteiger partial charge in [-0.15, -0.1) is 0 Å². The zero-order valence-electron chi connectivity index (χ0n) is 16.5. The Morgan fingerprint density at radius 1 is 0.871 bits per heavy atom. The molecule has 0 atom stereocenters. The molecule has 4 aromatic heterocycles. The van der Waals surface area contributed by atoms with E-state index in [9.17, 15) is 9.90 Å². The van der Waals surface area contributed by atoms with Crippen molar-refractivity contribution in [2.45, 2.75) is 6.92 Å². The van der Waals surface area contributed by atoms with Crippen molar-refractivity contribution in [2.75, 3.05) is 0 Å². The average molecular weight is 550 g/mol. The van der Waals surface area contributed by atoms with Crippen LogP contribution in [0.1, 0.15) is 22.1 Å². The minimum atomic E-state index is -0.401. The summed E-state index contributed by atoms with van der Waals surface area (Å²) in [6.07, 6.45) is 6.09.